The first-order valence-corrected chi connectivity index (χ1v) is 8.56. The Labute approximate surface area is 132 Å². The number of benzene rings is 1. The molecule has 1 unspecified atom stereocenters. The summed E-state index contributed by atoms with van der Waals surface area (Å²) in [6, 6.07) is 5.59. The highest BCUT2D eigenvalue weighted by Crippen LogP contribution is 2.40. The van der Waals surface area contributed by atoms with Crippen LogP contribution >= 0.6 is 0 Å². The van der Waals surface area contributed by atoms with Crippen molar-refractivity contribution in [2.45, 2.75) is 51.9 Å². The van der Waals surface area contributed by atoms with E-state index in [1.54, 1.807) is 6.07 Å². The lowest BCUT2D eigenvalue weighted by atomic mass is 9.69. The van der Waals surface area contributed by atoms with Crippen molar-refractivity contribution in [3.05, 3.63) is 46.8 Å². The van der Waals surface area contributed by atoms with E-state index in [9.17, 15) is 4.39 Å². The highest BCUT2D eigenvalue weighted by Gasteiger charge is 2.30. The van der Waals surface area contributed by atoms with E-state index < -0.39 is 0 Å². The predicted octanol–water partition coefficient (Wildman–Crippen LogP) is 5.18. The molecule has 0 aliphatic heterocycles. The van der Waals surface area contributed by atoms with Gasteiger partial charge in [-0.25, -0.2) is 4.39 Å². The van der Waals surface area contributed by atoms with Crippen LogP contribution in [-0.4, -0.2) is 0 Å². The Balaban J connectivity index is 1.68. The number of nitriles is 1. The lowest BCUT2D eigenvalue weighted by molar-refractivity contribution is 0.205. The van der Waals surface area contributed by atoms with Gasteiger partial charge in [-0.2, -0.15) is 5.26 Å². The lowest BCUT2D eigenvalue weighted by Crippen LogP contribution is -2.26. The number of hydrogen-bond donors (Lipinski definition) is 0. The van der Waals surface area contributed by atoms with E-state index in [2.05, 4.69) is 19.1 Å². The summed E-state index contributed by atoms with van der Waals surface area (Å²) in [7, 11) is 0. The number of hydrogen-bond acceptors (Lipinski definition) is 1. The van der Waals surface area contributed by atoms with Gasteiger partial charge in [0.05, 0.1) is 5.56 Å². The van der Waals surface area contributed by atoms with Crippen molar-refractivity contribution >= 4 is 0 Å². The minimum Gasteiger partial charge on any atom is -0.205 e. The molecule has 2 aliphatic rings. The van der Waals surface area contributed by atoms with Crippen LogP contribution in [0.2, 0.25) is 0 Å². The summed E-state index contributed by atoms with van der Waals surface area (Å²) in [4.78, 5) is 0. The molecule has 0 amide bonds. The van der Waals surface area contributed by atoms with Crippen molar-refractivity contribution in [1.29, 1.82) is 5.26 Å². The van der Waals surface area contributed by atoms with E-state index in [4.69, 9.17) is 5.26 Å². The molecule has 0 radical (unpaired) electrons. The van der Waals surface area contributed by atoms with E-state index in [0.29, 0.717) is 5.92 Å². The van der Waals surface area contributed by atoms with Gasteiger partial charge in [0.2, 0.25) is 0 Å². The van der Waals surface area contributed by atoms with Gasteiger partial charge in [-0.3, -0.25) is 0 Å². The van der Waals surface area contributed by atoms with E-state index in [-0.39, 0.29) is 11.4 Å². The molecule has 1 saturated carbocycles. The fourth-order valence-electron chi connectivity index (χ4n) is 4.41. The highest BCUT2D eigenvalue weighted by molar-refractivity contribution is 5.41. The minimum absolute atomic E-state index is 0.198. The lowest BCUT2D eigenvalue weighted by Gasteiger charge is -2.36. The van der Waals surface area contributed by atoms with E-state index in [0.717, 1.165) is 42.2 Å². The minimum atomic E-state index is -0.268. The Bertz CT molecular complexity index is 603. The summed E-state index contributed by atoms with van der Waals surface area (Å²) < 4.78 is 14.2. The van der Waals surface area contributed by atoms with E-state index >= 15 is 0 Å². The largest absolute Gasteiger partial charge is 0.205 e. The molecule has 22 heavy (non-hydrogen) atoms. The second kappa shape index (κ2) is 6.65. The molecule has 0 N–H and O–H groups in total. The summed E-state index contributed by atoms with van der Waals surface area (Å²) in [5.41, 5.74) is 2.14. The molecule has 1 fully saturated rings. The Morgan fingerprint density at radius 2 is 1.91 bits per heavy atom. The molecule has 116 valence electrons. The molecular formula is C20H24FN. The topological polar surface area (TPSA) is 23.8 Å². The first-order chi connectivity index (χ1) is 10.7. The number of rotatable bonds is 2. The normalized spacial score (nSPS) is 28.3. The van der Waals surface area contributed by atoms with Crippen molar-refractivity contribution in [3.63, 3.8) is 0 Å². The number of halogens is 1. The van der Waals surface area contributed by atoms with Gasteiger partial charge in [-0.05, 0) is 86.8 Å². The van der Waals surface area contributed by atoms with Gasteiger partial charge in [0.15, 0.2) is 0 Å². The van der Waals surface area contributed by atoms with Crippen molar-refractivity contribution in [2.24, 2.45) is 17.8 Å². The molecule has 0 aromatic heterocycles. The van der Waals surface area contributed by atoms with E-state index in [1.807, 2.05) is 12.1 Å². The molecule has 2 heteroatoms. The molecule has 0 saturated heterocycles. The summed E-state index contributed by atoms with van der Waals surface area (Å²) in [6.45, 7) is 2.11. The third kappa shape index (κ3) is 2.95. The third-order valence-corrected chi connectivity index (χ3v) is 5.66. The molecule has 1 atom stereocenters. The van der Waals surface area contributed by atoms with Gasteiger partial charge >= 0.3 is 0 Å². The maximum atomic E-state index is 14.2. The number of allylic oxidation sites excluding steroid dienone is 2. The van der Waals surface area contributed by atoms with Crippen molar-refractivity contribution in [3.8, 4) is 6.07 Å². The zero-order chi connectivity index (χ0) is 15.5. The molecule has 0 heterocycles. The molecule has 1 aromatic rings. The van der Waals surface area contributed by atoms with Gasteiger partial charge in [-0.1, -0.05) is 18.2 Å². The third-order valence-electron chi connectivity index (χ3n) is 5.66. The summed E-state index contributed by atoms with van der Waals surface area (Å²) in [5, 5.41) is 8.95. The predicted molar refractivity (Wildman–Crippen MR) is 86.9 cm³/mol. The van der Waals surface area contributed by atoms with Crippen LogP contribution < -0.4 is 0 Å². The van der Waals surface area contributed by atoms with Gasteiger partial charge in [-0.15, -0.1) is 0 Å². The van der Waals surface area contributed by atoms with Gasteiger partial charge < -0.3 is 0 Å². The van der Waals surface area contributed by atoms with Crippen LogP contribution in [0.1, 0.15) is 55.7 Å². The van der Waals surface area contributed by atoms with Gasteiger partial charge in [0.1, 0.15) is 11.9 Å². The van der Waals surface area contributed by atoms with E-state index in [1.165, 1.54) is 25.7 Å². The van der Waals surface area contributed by atoms with Gasteiger partial charge in [0.25, 0.3) is 0 Å². The Morgan fingerprint density at radius 3 is 2.59 bits per heavy atom. The van der Waals surface area contributed by atoms with Crippen LogP contribution in [0.25, 0.3) is 0 Å². The zero-order valence-electron chi connectivity index (χ0n) is 13.3. The SMILES string of the molecule is CC=CC1CCC(C2CCc3c(ccc(C#N)c3F)C2)CC1. The molecule has 1 aromatic carbocycles. The van der Waals surface area contributed by atoms with Crippen molar-refractivity contribution in [1.82, 2.24) is 0 Å². The van der Waals surface area contributed by atoms with Crippen molar-refractivity contribution < 1.29 is 4.39 Å². The summed E-state index contributed by atoms with van der Waals surface area (Å²) in [5.74, 6) is 2.00. The fraction of sp³-hybridized carbons (Fsp3) is 0.550. The first kappa shape index (κ1) is 15.3. The van der Waals surface area contributed by atoms with Crippen LogP contribution in [0.3, 0.4) is 0 Å². The maximum absolute atomic E-state index is 14.2. The maximum Gasteiger partial charge on any atom is 0.144 e. The van der Waals surface area contributed by atoms with Crippen LogP contribution in [0.4, 0.5) is 4.39 Å². The average molecular weight is 297 g/mol. The molecule has 2 aliphatic carbocycles. The molecular weight excluding hydrogens is 273 g/mol. The second-order valence-corrected chi connectivity index (χ2v) is 6.88. The fourth-order valence-corrected chi connectivity index (χ4v) is 4.41. The van der Waals surface area contributed by atoms with Crippen LogP contribution in [0.5, 0.6) is 0 Å². The number of fused-ring (bicyclic) bond motifs is 1. The molecule has 3 rings (SSSR count). The Hall–Kier alpha value is -1.62. The monoisotopic (exact) mass is 297 g/mol. The standard InChI is InChI=1S/C20H24FN/c1-2-3-14-4-6-15(7-5-14)16-10-11-19-17(12-16)8-9-18(13-22)20(19)21/h2-3,8-9,14-16H,4-7,10-12H2,1H3. The summed E-state index contributed by atoms with van der Waals surface area (Å²) in [6.07, 6.45) is 12.6. The van der Waals surface area contributed by atoms with Gasteiger partial charge in [0, 0.05) is 0 Å². The Morgan fingerprint density at radius 1 is 1.14 bits per heavy atom. The quantitative estimate of drug-likeness (QED) is 0.690. The second-order valence-electron chi connectivity index (χ2n) is 6.88. The van der Waals surface area contributed by atoms with Crippen LogP contribution in [-0.2, 0) is 12.8 Å². The smallest absolute Gasteiger partial charge is 0.144 e. The molecule has 0 bridgehead atoms. The first-order valence-electron chi connectivity index (χ1n) is 8.56. The van der Waals surface area contributed by atoms with Crippen molar-refractivity contribution in [2.75, 3.05) is 0 Å². The average Bonchev–Trinajstić information content (AvgIpc) is 2.56. The molecule has 1 nitrogen and oxygen atoms in total. The van der Waals surface area contributed by atoms with Crippen LogP contribution in [0.15, 0.2) is 24.3 Å². The highest BCUT2D eigenvalue weighted by atomic mass is 19.1. The number of nitrogens with zero attached hydrogens (tertiary/aromatic N) is 1. The Kier molecular flexibility index (Phi) is 4.62. The summed E-state index contributed by atoms with van der Waals surface area (Å²) >= 11 is 0. The zero-order valence-corrected chi connectivity index (χ0v) is 13.3. The molecule has 0 spiro atoms. The van der Waals surface area contributed by atoms with Crippen LogP contribution in [0, 0.1) is 34.9 Å².